The molecule has 0 spiro atoms. The van der Waals surface area contributed by atoms with Crippen molar-refractivity contribution in [2.24, 2.45) is 0 Å². The van der Waals surface area contributed by atoms with E-state index < -0.39 is 12.2 Å². The van der Waals surface area contributed by atoms with Crippen molar-refractivity contribution in [2.45, 2.75) is 51.6 Å². The van der Waals surface area contributed by atoms with Crippen LogP contribution in [0.2, 0.25) is 0 Å². The van der Waals surface area contributed by atoms with Crippen LogP contribution in [0.4, 0.5) is 0 Å². The van der Waals surface area contributed by atoms with Crippen molar-refractivity contribution in [3.8, 4) is 11.8 Å². The standard InChI is InChI=1S/C17H22O3/c1-17(2,20-16-8-3-4-11-19-16)10-9-14-6-5-7-15(12-14)13-18/h5-7,12,16,18H,3-4,8,11,13H2,1-2H3/i13D2. The van der Waals surface area contributed by atoms with Gasteiger partial charge in [0, 0.05) is 12.2 Å². The van der Waals surface area contributed by atoms with Crippen LogP contribution in [0.15, 0.2) is 24.3 Å². The van der Waals surface area contributed by atoms with Crippen molar-refractivity contribution in [3.05, 3.63) is 35.4 Å². The Hall–Kier alpha value is -1.34. The van der Waals surface area contributed by atoms with E-state index >= 15 is 0 Å². The molecule has 1 atom stereocenters. The molecule has 1 heterocycles. The molecule has 0 aliphatic carbocycles. The quantitative estimate of drug-likeness (QED) is 0.863. The Labute approximate surface area is 123 Å². The fourth-order valence-electron chi connectivity index (χ4n) is 2.05. The molecule has 1 fully saturated rings. The number of hydrogen-bond acceptors (Lipinski definition) is 3. The Bertz CT molecular complexity index is 561. The van der Waals surface area contributed by atoms with Gasteiger partial charge in [-0.2, -0.15) is 0 Å². The molecule has 0 saturated carbocycles. The molecule has 1 aromatic rings. The Balaban J connectivity index is 2.07. The lowest BCUT2D eigenvalue weighted by Crippen LogP contribution is -2.33. The molecule has 3 heteroatoms. The van der Waals surface area contributed by atoms with Gasteiger partial charge >= 0.3 is 0 Å². The normalized spacial score (nSPS) is 21.4. The Kier molecular flexibility index (Phi) is 4.28. The molecule has 0 bridgehead atoms. The molecule has 0 amide bonds. The zero-order valence-corrected chi connectivity index (χ0v) is 12.0. The van der Waals surface area contributed by atoms with Gasteiger partial charge in [-0.15, -0.1) is 0 Å². The minimum absolute atomic E-state index is 0.189. The molecule has 1 aliphatic rings. The topological polar surface area (TPSA) is 38.7 Å². The second-order valence-electron chi connectivity index (χ2n) is 5.37. The van der Waals surface area contributed by atoms with Gasteiger partial charge < -0.3 is 14.6 Å². The fraction of sp³-hybridized carbons (Fsp3) is 0.529. The molecule has 1 unspecified atom stereocenters. The monoisotopic (exact) mass is 276 g/mol. The number of hydrogen-bond donors (Lipinski definition) is 1. The zero-order chi connectivity index (χ0) is 16.2. The molecule has 20 heavy (non-hydrogen) atoms. The summed E-state index contributed by atoms with van der Waals surface area (Å²) >= 11 is 0. The summed E-state index contributed by atoms with van der Waals surface area (Å²) in [7, 11) is 0. The summed E-state index contributed by atoms with van der Waals surface area (Å²) in [6.45, 7) is 2.13. The van der Waals surface area contributed by atoms with E-state index in [1.54, 1.807) is 18.2 Å². The van der Waals surface area contributed by atoms with Gasteiger partial charge in [0.05, 0.1) is 9.30 Å². The second-order valence-corrected chi connectivity index (χ2v) is 5.37. The molecular weight excluding hydrogens is 252 g/mol. The van der Waals surface area contributed by atoms with Gasteiger partial charge in [-0.1, -0.05) is 24.0 Å². The van der Waals surface area contributed by atoms with Crippen molar-refractivity contribution in [3.63, 3.8) is 0 Å². The Morgan fingerprint density at radius 2 is 2.35 bits per heavy atom. The van der Waals surface area contributed by atoms with Crippen LogP contribution in [0, 0.1) is 11.8 Å². The molecule has 1 saturated heterocycles. The summed E-state index contributed by atoms with van der Waals surface area (Å²) in [6.07, 6.45) is 2.84. The van der Waals surface area contributed by atoms with Gasteiger partial charge in [0.25, 0.3) is 0 Å². The first kappa shape index (κ1) is 12.4. The highest BCUT2D eigenvalue weighted by Gasteiger charge is 2.23. The molecule has 0 aromatic heterocycles. The van der Waals surface area contributed by atoms with Crippen LogP contribution < -0.4 is 0 Å². The summed E-state index contributed by atoms with van der Waals surface area (Å²) in [6, 6.07) is 6.52. The summed E-state index contributed by atoms with van der Waals surface area (Å²) in [4.78, 5) is 0. The highest BCUT2D eigenvalue weighted by molar-refractivity contribution is 5.38. The first-order chi connectivity index (χ1) is 10.3. The van der Waals surface area contributed by atoms with Crippen LogP contribution in [-0.2, 0) is 16.0 Å². The lowest BCUT2D eigenvalue weighted by atomic mass is 10.1. The predicted molar refractivity (Wildman–Crippen MR) is 78.0 cm³/mol. The Morgan fingerprint density at radius 1 is 1.50 bits per heavy atom. The van der Waals surface area contributed by atoms with Crippen molar-refractivity contribution in [2.75, 3.05) is 6.61 Å². The molecule has 2 rings (SSSR count). The molecule has 108 valence electrons. The van der Waals surface area contributed by atoms with Crippen molar-refractivity contribution < 1.29 is 17.3 Å². The minimum Gasteiger partial charge on any atom is -0.392 e. The highest BCUT2D eigenvalue weighted by atomic mass is 16.7. The first-order valence-electron chi connectivity index (χ1n) is 7.92. The predicted octanol–water partition coefficient (Wildman–Crippen LogP) is 2.85. The van der Waals surface area contributed by atoms with E-state index in [0.29, 0.717) is 5.56 Å². The minimum atomic E-state index is -2.36. The van der Waals surface area contributed by atoms with Crippen LogP contribution in [0.3, 0.4) is 0 Å². The third-order valence-corrected chi connectivity index (χ3v) is 3.06. The van der Waals surface area contributed by atoms with Crippen LogP contribution >= 0.6 is 0 Å². The number of ether oxygens (including phenoxy) is 2. The van der Waals surface area contributed by atoms with Gasteiger partial charge in [0.2, 0.25) is 0 Å². The first-order valence-corrected chi connectivity index (χ1v) is 6.92. The van der Waals surface area contributed by atoms with Crippen LogP contribution in [-0.4, -0.2) is 23.6 Å². The SMILES string of the molecule is [2H]C([2H])(O)c1cccc(C#CC(C)(C)OC2CCCCO2)c1. The fourth-order valence-corrected chi connectivity index (χ4v) is 2.05. The zero-order valence-electron chi connectivity index (χ0n) is 14.0. The van der Waals surface area contributed by atoms with Crippen LogP contribution in [0.5, 0.6) is 0 Å². The summed E-state index contributed by atoms with van der Waals surface area (Å²) in [5.74, 6) is 6.02. The van der Waals surface area contributed by atoms with Crippen molar-refractivity contribution >= 4 is 0 Å². The molecule has 3 nitrogen and oxygen atoms in total. The molecule has 1 N–H and O–H groups in total. The maximum Gasteiger partial charge on any atom is 0.159 e. The van der Waals surface area contributed by atoms with Gasteiger partial charge in [0.1, 0.15) is 5.60 Å². The maximum absolute atomic E-state index is 9.40. The van der Waals surface area contributed by atoms with E-state index in [1.807, 2.05) is 13.8 Å². The van der Waals surface area contributed by atoms with E-state index in [9.17, 15) is 5.11 Å². The van der Waals surface area contributed by atoms with Gasteiger partial charge in [-0.25, -0.2) is 0 Å². The van der Waals surface area contributed by atoms with E-state index in [2.05, 4.69) is 11.8 Å². The van der Waals surface area contributed by atoms with Gasteiger partial charge in [-0.05, 0) is 50.8 Å². The van der Waals surface area contributed by atoms with Crippen molar-refractivity contribution in [1.82, 2.24) is 0 Å². The van der Waals surface area contributed by atoms with E-state index in [4.69, 9.17) is 12.2 Å². The number of aliphatic hydroxyl groups is 1. The third-order valence-electron chi connectivity index (χ3n) is 3.06. The summed E-state index contributed by atoms with van der Waals surface area (Å²) in [5.41, 5.74) is 0.168. The summed E-state index contributed by atoms with van der Waals surface area (Å²) in [5, 5.41) is 9.40. The molecule has 1 aliphatic heterocycles. The lowest BCUT2D eigenvalue weighted by molar-refractivity contribution is -0.199. The average molecular weight is 276 g/mol. The smallest absolute Gasteiger partial charge is 0.159 e. The number of benzene rings is 1. The molecule has 1 aromatic carbocycles. The van der Waals surface area contributed by atoms with Crippen LogP contribution in [0.25, 0.3) is 0 Å². The second kappa shape index (κ2) is 6.90. The highest BCUT2D eigenvalue weighted by Crippen LogP contribution is 2.20. The number of rotatable bonds is 3. The maximum atomic E-state index is 9.40. The van der Waals surface area contributed by atoms with Crippen LogP contribution in [0.1, 0.15) is 47.0 Å². The summed E-state index contributed by atoms with van der Waals surface area (Å²) < 4.78 is 26.1. The van der Waals surface area contributed by atoms with Gasteiger partial charge in [0.15, 0.2) is 6.29 Å². The largest absolute Gasteiger partial charge is 0.392 e. The van der Waals surface area contributed by atoms with Gasteiger partial charge in [-0.3, -0.25) is 0 Å². The van der Waals surface area contributed by atoms with E-state index in [1.165, 1.54) is 6.07 Å². The third kappa shape index (κ3) is 4.64. The van der Waals surface area contributed by atoms with E-state index in [0.717, 1.165) is 25.9 Å². The van der Waals surface area contributed by atoms with E-state index in [-0.39, 0.29) is 11.9 Å². The van der Waals surface area contributed by atoms with Crippen molar-refractivity contribution in [1.29, 1.82) is 0 Å². The lowest BCUT2D eigenvalue weighted by Gasteiger charge is -2.29. The average Bonchev–Trinajstić information content (AvgIpc) is 2.45. The molecular formula is C17H22O3. The molecule has 0 radical (unpaired) electrons. The Morgan fingerprint density at radius 3 is 3.05 bits per heavy atom.